The average molecular weight is 178 g/mol. The Morgan fingerprint density at radius 1 is 1.23 bits per heavy atom. The first kappa shape index (κ1) is 10.3. The van der Waals surface area contributed by atoms with Gasteiger partial charge in [0.15, 0.2) is 0 Å². The molecule has 1 unspecified atom stereocenters. The normalized spacial score (nSPS) is 13.3. The Balaban J connectivity index is 2.69. The van der Waals surface area contributed by atoms with Gasteiger partial charge < -0.3 is 5.11 Å². The molecule has 0 aromatic heterocycles. The molecule has 0 fully saturated rings. The fourth-order valence-corrected chi connectivity index (χ4v) is 1.30. The van der Waals surface area contributed by atoms with Gasteiger partial charge in [-0.15, -0.1) is 0 Å². The first-order chi connectivity index (χ1) is 6.11. The highest BCUT2D eigenvalue weighted by Crippen LogP contribution is 2.13. The van der Waals surface area contributed by atoms with Crippen LogP contribution in [-0.2, 0) is 6.42 Å². The van der Waals surface area contributed by atoms with Gasteiger partial charge >= 0.3 is 0 Å². The molecule has 1 heteroatoms. The van der Waals surface area contributed by atoms with Gasteiger partial charge in [-0.1, -0.05) is 38.1 Å². The lowest BCUT2D eigenvalue weighted by Gasteiger charge is -2.15. The van der Waals surface area contributed by atoms with E-state index >= 15 is 0 Å². The summed E-state index contributed by atoms with van der Waals surface area (Å²) in [6, 6.07) is 8.22. The predicted octanol–water partition coefficient (Wildman–Crippen LogP) is 2.55. The molecule has 0 saturated heterocycles. The van der Waals surface area contributed by atoms with Crippen molar-refractivity contribution < 1.29 is 5.11 Å². The molecular weight excluding hydrogens is 160 g/mol. The van der Waals surface area contributed by atoms with Gasteiger partial charge in [-0.3, -0.25) is 0 Å². The number of hydrogen-bond donors (Lipinski definition) is 1. The molecule has 0 amide bonds. The Kier molecular flexibility index (Phi) is 3.49. The van der Waals surface area contributed by atoms with Crippen LogP contribution in [0.25, 0.3) is 0 Å². The summed E-state index contributed by atoms with van der Waals surface area (Å²) in [7, 11) is 0. The van der Waals surface area contributed by atoms with E-state index < -0.39 is 0 Å². The second-order valence-electron chi connectivity index (χ2n) is 3.94. The zero-order valence-electron chi connectivity index (χ0n) is 8.62. The molecule has 13 heavy (non-hydrogen) atoms. The number of aryl methyl sites for hydroxylation is 1. The third-order valence-corrected chi connectivity index (χ3v) is 2.46. The fraction of sp³-hybridized carbons (Fsp3) is 0.500. The van der Waals surface area contributed by atoms with E-state index in [4.69, 9.17) is 0 Å². The van der Waals surface area contributed by atoms with Gasteiger partial charge in [0, 0.05) is 0 Å². The van der Waals surface area contributed by atoms with Gasteiger partial charge in [-0.05, 0) is 30.4 Å². The predicted molar refractivity (Wildman–Crippen MR) is 55.7 cm³/mol. The van der Waals surface area contributed by atoms with E-state index in [9.17, 15) is 5.11 Å². The van der Waals surface area contributed by atoms with Gasteiger partial charge in [-0.25, -0.2) is 0 Å². The van der Waals surface area contributed by atoms with Crippen LogP contribution in [0.2, 0.25) is 0 Å². The smallest absolute Gasteiger partial charge is 0.0603 e. The summed E-state index contributed by atoms with van der Waals surface area (Å²) in [5.41, 5.74) is 2.52. The number of rotatable bonds is 3. The van der Waals surface area contributed by atoms with Crippen LogP contribution >= 0.6 is 0 Å². The van der Waals surface area contributed by atoms with E-state index in [-0.39, 0.29) is 6.10 Å². The molecule has 0 aliphatic rings. The largest absolute Gasteiger partial charge is 0.393 e. The highest BCUT2D eigenvalue weighted by atomic mass is 16.3. The fourth-order valence-electron chi connectivity index (χ4n) is 1.30. The van der Waals surface area contributed by atoms with Crippen molar-refractivity contribution in [2.45, 2.75) is 33.3 Å². The Morgan fingerprint density at radius 3 is 2.38 bits per heavy atom. The molecule has 0 aliphatic carbocycles. The van der Waals surface area contributed by atoms with Gasteiger partial charge in [0.2, 0.25) is 0 Å². The summed E-state index contributed by atoms with van der Waals surface area (Å²) in [5, 5.41) is 9.70. The quantitative estimate of drug-likeness (QED) is 0.754. The summed E-state index contributed by atoms with van der Waals surface area (Å²) < 4.78 is 0. The molecule has 1 nitrogen and oxygen atoms in total. The van der Waals surface area contributed by atoms with Crippen LogP contribution in [0.3, 0.4) is 0 Å². The van der Waals surface area contributed by atoms with Crippen molar-refractivity contribution in [2.24, 2.45) is 5.92 Å². The first-order valence-corrected chi connectivity index (χ1v) is 4.84. The Bertz CT molecular complexity index is 266. The summed E-state index contributed by atoms with van der Waals surface area (Å²) in [4.78, 5) is 0. The SMILES string of the molecule is Cc1ccccc1CC(O)C(C)C. The minimum atomic E-state index is -0.221. The molecule has 0 radical (unpaired) electrons. The standard InChI is InChI=1S/C12H18O/c1-9(2)12(13)8-11-7-5-4-6-10(11)3/h4-7,9,12-13H,8H2,1-3H3. The molecule has 0 bridgehead atoms. The lowest BCUT2D eigenvalue weighted by Crippen LogP contribution is -2.18. The van der Waals surface area contributed by atoms with E-state index in [1.54, 1.807) is 0 Å². The molecular formula is C12H18O. The maximum atomic E-state index is 9.70. The lowest BCUT2D eigenvalue weighted by atomic mass is 9.97. The van der Waals surface area contributed by atoms with Crippen LogP contribution in [-0.4, -0.2) is 11.2 Å². The second kappa shape index (κ2) is 4.43. The van der Waals surface area contributed by atoms with E-state index in [0.29, 0.717) is 5.92 Å². The highest BCUT2D eigenvalue weighted by Gasteiger charge is 2.10. The number of hydrogen-bond acceptors (Lipinski definition) is 1. The molecule has 0 saturated carbocycles. The van der Waals surface area contributed by atoms with E-state index in [1.807, 2.05) is 26.0 Å². The van der Waals surface area contributed by atoms with Crippen LogP contribution in [0, 0.1) is 12.8 Å². The molecule has 0 spiro atoms. The Morgan fingerprint density at radius 2 is 1.85 bits per heavy atom. The summed E-state index contributed by atoms with van der Waals surface area (Å²) in [5.74, 6) is 0.333. The van der Waals surface area contributed by atoms with Crippen LogP contribution in [0.4, 0.5) is 0 Å². The van der Waals surface area contributed by atoms with Gasteiger partial charge in [0.1, 0.15) is 0 Å². The lowest BCUT2D eigenvalue weighted by molar-refractivity contribution is 0.125. The van der Waals surface area contributed by atoms with Crippen LogP contribution in [0.15, 0.2) is 24.3 Å². The Hall–Kier alpha value is -0.820. The van der Waals surface area contributed by atoms with Crippen molar-refractivity contribution in [1.82, 2.24) is 0 Å². The molecule has 72 valence electrons. The van der Waals surface area contributed by atoms with Crippen LogP contribution < -0.4 is 0 Å². The van der Waals surface area contributed by atoms with Gasteiger partial charge in [-0.2, -0.15) is 0 Å². The average Bonchev–Trinajstić information content (AvgIpc) is 2.08. The molecule has 1 aromatic rings. The minimum Gasteiger partial charge on any atom is -0.393 e. The minimum absolute atomic E-state index is 0.221. The molecule has 0 aliphatic heterocycles. The summed E-state index contributed by atoms with van der Waals surface area (Å²) in [6.45, 7) is 6.17. The zero-order valence-corrected chi connectivity index (χ0v) is 8.62. The third kappa shape index (κ3) is 2.85. The van der Waals surface area contributed by atoms with E-state index in [0.717, 1.165) is 6.42 Å². The maximum Gasteiger partial charge on any atom is 0.0603 e. The number of aliphatic hydroxyl groups is 1. The Labute approximate surface area is 80.4 Å². The maximum absolute atomic E-state index is 9.70. The van der Waals surface area contributed by atoms with Crippen molar-refractivity contribution in [1.29, 1.82) is 0 Å². The molecule has 1 N–H and O–H groups in total. The molecule has 1 aromatic carbocycles. The van der Waals surface area contributed by atoms with Crippen molar-refractivity contribution in [3.63, 3.8) is 0 Å². The molecule has 1 rings (SSSR count). The number of benzene rings is 1. The van der Waals surface area contributed by atoms with Gasteiger partial charge in [0.25, 0.3) is 0 Å². The first-order valence-electron chi connectivity index (χ1n) is 4.84. The van der Waals surface area contributed by atoms with Crippen LogP contribution in [0.5, 0.6) is 0 Å². The van der Waals surface area contributed by atoms with E-state index in [1.165, 1.54) is 11.1 Å². The highest BCUT2D eigenvalue weighted by molar-refractivity contribution is 5.26. The van der Waals surface area contributed by atoms with Crippen molar-refractivity contribution in [3.8, 4) is 0 Å². The number of aliphatic hydroxyl groups excluding tert-OH is 1. The van der Waals surface area contributed by atoms with Crippen molar-refractivity contribution in [3.05, 3.63) is 35.4 Å². The van der Waals surface area contributed by atoms with E-state index in [2.05, 4.69) is 19.1 Å². The second-order valence-corrected chi connectivity index (χ2v) is 3.94. The van der Waals surface area contributed by atoms with Gasteiger partial charge in [0.05, 0.1) is 6.10 Å². The molecule has 1 atom stereocenters. The topological polar surface area (TPSA) is 20.2 Å². The monoisotopic (exact) mass is 178 g/mol. The molecule has 0 heterocycles. The zero-order chi connectivity index (χ0) is 9.84. The summed E-state index contributed by atoms with van der Waals surface area (Å²) >= 11 is 0. The third-order valence-electron chi connectivity index (χ3n) is 2.46. The van der Waals surface area contributed by atoms with Crippen LogP contribution in [0.1, 0.15) is 25.0 Å². The van der Waals surface area contributed by atoms with Crippen molar-refractivity contribution in [2.75, 3.05) is 0 Å². The van der Waals surface area contributed by atoms with Crippen molar-refractivity contribution >= 4 is 0 Å². The summed E-state index contributed by atoms with van der Waals surface area (Å²) in [6.07, 6.45) is 0.547.